The smallest absolute Gasteiger partial charge is 0.254 e. The molecule has 0 aromatic heterocycles. The van der Waals surface area contributed by atoms with Crippen molar-refractivity contribution in [3.05, 3.63) is 34.6 Å². The Kier molecular flexibility index (Phi) is 6.48. The van der Waals surface area contributed by atoms with Gasteiger partial charge in [-0.3, -0.25) is 9.59 Å². The molecule has 1 saturated carbocycles. The van der Waals surface area contributed by atoms with Crippen molar-refractivity contribution in [1.29, 1.82) is 0 Å². The number of piperazine rings is 1. The Balaban J connectivity index is 1.69. The van der Waals surface area contributed by atoms with Gasteiger partial charge in [-0.05, 0) is 31.0 Å². The van der Waals surface area contributed by atoms with Gasteiger partial charge in [-0.25, -0.2) is 4.39 Å². The predicted molar refractivity (Wildman–Crippen MR) is 98.8 cm³/mol. The normalized spacial score (nSPS) is 18.2. The van der Waals surface area contributed by atoms with Gasteiger partial charge in [0.2, 0.25) is 5.91 Å². The van der Waals surface area contributed by atoms with Crippen molar-refractivity contribution in [3.8, 4) is 0 Å². The second-order valence-electron chi connectivity index (χ2n) is 6.95. The van der Waals surface area contributed by atoms with Gasteiger partial charge in [-0.15, -0.1) is 0 Å². The molecule has 1 aliphatic heterocycles. The number of carbonyl (C=O) groups excluding carboxylic acids is 2. The maximum absolute atomic E-state index is 13.4. The van der Waals surface area contributed by atoms with E-state index in [1.807, 2.05) is 4.90 Å². The van der Waals surface area contributed by atoms with Gasteiger partial charge in [0.25, 0.3) is 5.91 Å². The lowest BCUT2D eigenvalue weighted by molar-refractivity contribution is -0.132. The van der Waals surface area contributed by atoms with Gasteiger partial charge in [0.05, 0.1) is 5.02 Å². The molecular weight excluding hydrogens is 357 g/mol. The van der Waals surface area contributed by atoms with Gasteiger partial charge < -0.3 is 15.1 Å². The van der Waals surface area contributed by atoms with Crippen LogP contribution < -0.4 is 5.32 Å². The average molecular weight is 382 g/mol. The summed E-state index contributed by atoms with van der Waals surface area (Å²) in [6.45, 7) is 3.44. The van der Waals surface area contributed by atoms with Gasteiger partial charge in [-0.1, -0.05) is 24.4 Å². The Morgan fingerprint density at radius 1 is 1.23 bits per heavy atom. The van der Waals surface area contributed by atoms with Crippen LogP contribution in [0.3, 0.4) is 0 Å². The molecule has 0 bridgehead atoms. The van der Waals surface area contributed by atoms with Gasteiger partial charge in [-0.2, -0.15) is 0 Å². The van der Waals surface area contributed by atoms with E-state index >= 15 is 0 Å². The van der Waals surface area contributed by atoms with Crippen LogP contribution in [-0.4, -0.2) is 60.4 Å². The number of hydrogen-bond donors (Lipinski definition) is 1. The van der Waals surface area contributed by atoms with E-state index in [0.717, 1.165) is 38.8 Å². The van der Waals surface area contributed by atoms with Crippen LogP contribution in [0.2, 0.25) is 5.02 Å². The zero-order chi connectivity index (χ0) is 18.5. The van der Waals surface area contributed by atoms with E-state index in [1.54, 1.807) is 4.90 Å². The molecule has 1 aromatic carbocycles. The molecule has 5 nitrogen and oxygen atoms in total. The topological polar surface area (TPSA) is 52.7 Å². The molecule has 1 saturated heterocycles. The number of nitrogens with zero attached hydrogens (tertiary/aromatic N) is 2. The number of nitrogens with one attached hydrogen (secondary N) is 1. The lowest BCUT2D eigenvalue weighted by Crippen LogP contribution is -2.48. The maximum Gasteiger partial charge on any atom is 0.254 e. The number of benzene rings is 1. The summed E-state index contributed by atoms with van der Waals surface area (Å²) in [6.07, 6.45) is 4.39. The first kappa shape index (κ1) is 19.1. The first-order chi connectivity index (χ1) is 12.6. The second-order valence-corrected chi connectivity index (χ2v) is 7.35. The summed E-state index contributed by atoms with van der Waals surface area (Å²) in [4.78, 5) is 29.1. The van der Waals surface area contributed by atoms with Crippen molar-refractivity contribution >= 4 is 23.4 Å². The van der Waals surface area contributed by atoms with E-state index < -0.39 is 5.82 Å². The van der Waals surface area contributed by atoms with Crippen LogP contribution in [0.25, 0.3) is 0 Å². The number of amides is 2. The molecule has 0 spiro atoms. The van der Waals surface area contributed by atoms with Crippen molar-refractivity contribution in [2.24, 2.45) is 0 Å². The predicted octanol–water partition coefficient (Wildman–Crippen LogP) is 2.69. The van der Waals surface area contributed by atoms with E-state index in [2.05, 4.69) is 5.32 Å². The summed E-state index contributed by atoms with van der Waals surface area (Å²) >= 11 is 5.84. The Morgan fingerprint density at radius 2 is 1.92 bits per heavy atom. The summed E-state index contributed by atoms with van der Waals surface area (Å²) in [6, 6.07) is 4.19. The highest BCUT2D eigenvalue weighted by Gasteiger charge is 2.29. The standard InChI is InChI=1S/C19H25ClFN3O2/c20-16-13-14(5-6-17(16)21)19(26)24(15-3-1-2-4-15)10-7-18(25)23-11-8-22-9-12-23/h5-6,13,15,22H,1-4,7-12H2. The average Bonchev–Trinajstić information content (AvgIpc) is 3.19. The van der Waals surface area contributed by atoms with Crippen molar-refractivity contribution < 1.29 is 14.0 Å². The van der Waals surface area contributed by atoms with Gasteiger partial charge in [0.15, 0.2) is 0 Å². The Morgan fingerprint density at radius 3 is 2.58 bits per heavy atom. The maximum atomic E-state index is 13.4. The molecule has 142 valence electrons. The Labute approximate surface area is 158 Å². The third-order valence-electron chi connectivity index (χ3n) is 5.23. The number of halogens is 2. The van der Waals surface area contributed by atoms with Crippen LogP contribution in [0.15, 0.2) is 18.2 Å². The Hall–Kier alpha value is -1.66. The quantitative estimate of drug-likeness (QED) is 0.853. The van der Waals surface area contributed by atoms with Crippen LogP contribution in [0.4, 0.5) is 4.39 Å². The van der Waals surface area contributed by atoms with Gasteiger partial charge in [0.1, 0.15) is 5.82 Å². The molecule has 2 aliphatic rings. The van der Waals surface area contributed by atoms with Crippen LogP contribution >= 0.6 is 11.6 Å². The highest BCUT2D eigenvalue weighted by Crippen LogP contribution is 2.26. The first-order valence-electron chi connectivity index (χ1n) is 9.31. The molecule has 0 unspecified atom stereocenters. The first-order valence-corrected chi connectivity index (χ1v) is 9.68. The van der Waals surface area contributed by atoms with E-state index in [1.165, 1.54) is 18.2 Å². The number of hydrogen-bond acceptors (Lipinski definition) is 3. The molecule has 1 aliphatic carbocycles. The fourth-order valence-electron chi connectivity index (χ4n) is 3.75. The molecule has 3 rings (SSSR count). The Bertz CT molecular complexity index is 658. The molecule has 1 aromatic rings. The monoisotopic (exact) mass is 381 g/mol. The fourth-order valence-corrected chi connectivity index (χ4v) is 3.93. The highest BCUT2D eigenvalue weighted by molar-refractivity contribution is 6.31. The minimum atomic E-state index is -0.537. The molecule has 2 amide bonds. The van der Waals surface area contributed by atoms with Crippen LogP contribution in [0.5, 0.6) is 0 Å². The molecule has 1 N–H and O–H groups in total. The molecule has 0 atom stereocenters. The SMILES string of the molecule is O=C(CCN(C(=O)c1ccc(F)c(Cl)c1)C1CCCC1)N1CCNCC1. The molecular formula is C19H25ClFN3O2. The van der Waals surface area contributed by atoms with E-state index in [4.69, 9.17) is 11.6 Å². The summed E-state index contributed by atoms with van der Waals surface area (Å²) in [5, 5.41) is 3.17. The summed E-state index contributed by atoms with van der Waals surface area (Å²) in [7, 11) is 0. The number of rotatable bonds is 5. The van der Waals surface area contributed by atoms with Crippen molar-refractivity contribution in [1.82, 2.24) is 15.1 Å². The third kappa shape index (κ3) is 4.54. The highest BCUT2D eigenvalue weighted by atomic mass is 35.5. The summed E-state index contributed by atoms with van der Waals surface area (Å²) < 4.78 is 13.4. The van der Waals surface area contributed by atoms with Crippen molar-refractivity contribution in [2.75, 3.05) is 32.7 Å². The molecule has 7 heteroatoms. The van der Waals surface area contributed by atoms with Crippen LogP contribution in [0, 0.1) is 5.82 Å². The zero-order valence-electron chi connectivity index (χ0n) is 14.8. The minimum Gasteiger partial charge on any atom is -0.340 e. The number of carbonyl (C=O) groups is 2. The molecule has 1 heterocycles. The van der Waals surface area contributed by atoms with Crippen LogP contribution in [0.1, 0.15) is 42.5 Å². The van der Waals surface area contributed by atoms with Gasteiger partial charge in [0, 0.05) is 50.7 Å². The summed E-state index contributed by atoms with van der Waals surface area (Å²) in [5.41, 5.74) is 0.373. The lowest BCUT2D eigenvalue weighted by Gasteiger charge is -2.31. The second kappa shape index (κ2) is 8.82. The minimum absolute atomic E-state index is 0.0564. The van der Waals surface area contributed by atoms with E-state index in [0.29, 0.717) is 31.6 Å². The molecule has 2 fully saturated rings. The largest absolute Gasteiger partial charge is 0.340 e. The zero-order valence-corrected chi connectivity index (χ0v) is 15.6. The van der Waals surface area contributed by atoms with Crippen LogP contribution in [-0.2, 0) is 4.79 Å². The summed E-state index contributed by atoms with van der Waals surface area (Å²) in [5.74, 6) is -0.629. The lowest BCUT2D eigenvalue weighted by atomic mass is 10.1. The molecule has 26 heavy (non-hydrogen) atoms. The molecule has 0 radical (unpaired) electrons. The third-order valence-corrected chi connectivity index (χ3v) is 5.52. The van der Waals surface area contributed by atoms with Crippen molar-refractivity contribution in [3.63, 3.8) is 0 Å². The van der Waals surface area contributed by atoms with Gasteiger partial charge >= 0.3 is 0 Å². The van der Waals surface area contributed by atoms with E-state index in [-0.39, 0.29) is 22.9 Å². The van der Waals surface area contributed by atoms with Crippen molar-refractivity contribution in [2.45, 2.75) is 38.1 Å². The fraction of sp³-hybridized carbons (Fsp3) is 0.579. The van der Waals surface area contributed by atoms with E-state index in [9.17, 15) is 14.0 Å².